The number of rotatable bonds is 9. The van der Waals surface area contributed by atoms with Gasteiger partial charge in [-0.05, 0) is 36.4 Å². The fourth-order valence-electron chi connectivity index (χ4n) is 4.29. The number of sulfonamides is 1. The smallest absolute Gasteiger partial charge is 0.270 e. The van der Waals surface area contributed by atoms with Crippen molar-refractivity contribution in [3.05, 3.63) is 77.7 Å². The molecule has 0 saturated carbocycles. The van der Waals surface area contributed by atoms with E-state index in [1.54, 1.807) is 31.4 Å². The average Bonchev–Trinajstić information content (AvgIpc) is 3.45. The van der Waals surface area contributed by atoms with Crippen molar-refractivity contribution in [3.8, 4) is 11.4 Å². The maximum Gasteiger partial charge on any atom is 0.270 e. The summed E-state index contributed by atoms with van der Waals surface area (Å²) in [4.78, 5) is 23.8. The molecule has 0 atom stereocenters. The summed E-state index contributed by atoms with van der Waals surface area (Å²) in [6.07, 6.45) is 4.36. The summed E-state index contributed by atoms with van der Waals surface area (Å²) in [6, 6.07) is 16.0. The molecule has 3 heterocycles. The molecule has 0 radical (unpaired) electrons. The van der Waals surface area contributed by atoms with Gasteiger partial charge < -0.3 is 24.8 Å². The molecule has 0 aliphatic carbocycles. The van der Waals surface area contributed by atoms with Crippen molar-refractivity contribution in [2.75, 3.05) is 53.3 Å². The molecule has 1 saturated heterocycles. The Morgan fingerprint density at radius 2 is 1.78 bits per heavy atom. The summed E-state index contributed by atoms with van der Waals surface area (Å²) >= 11 is 8.21. The van der Waals surface area contributed by atoms with E-state index in [1.807, 2.05) is 57.8 Å². The molecule has 1 aliphatic rings. The van der Waals surface area contributed by atoms with Gasteiger partial charge in [0.1, 0.15) is 16.5 Å². The Hall–Kier alpha value is -3.94. The van der Waals surface area contributed by atoms with Crippen LogP contribution in [-0.4, -0.2) is 71.7 Å². The van der Waals surface area contributed by atoms with Crippen LogP contribution in [0.2, 0.25) is 5.02 Å². The largest absolute Gasteiger partial charge is 0.494 e. The summed E-state index contributed by atoms with van der Waals surface area (Å²) in [5, 5.41) is 6.45. The molecular formula is C27H28ClN7O4S2. The highest BCUT2D eigenvalue weighted by Gasteiger charge is 2.22. The average molecular weight is 614 g/mol. The third-order valence-corrected chi connectivity index (χ3v) is 8.01. The van der Waals surface area contributed by atoms with Gasteiger partial charge in [0, 0.05) is 42.5 Å². The number of halogens is 1. The first-order valence-electron chi connectivity index (χ1n) is 12.6. The molecule has 14 heteroatoms. The summed E-state index contributed by atoms with van der Waals surface area (Å²) in [5.41, 5.74) is 2.76. The molecule has 214 valence electrons. The van der Waals surface area contributed by atoms with Crippen molar-refractivity contribution in [2.24, 2.45) is 0 Å². The summed E-state index contributed by atoms with van der Waals surface area (Å²) in [6.45, 7) is 1.47. The van der Waals surface area contributed by atoms with Crippen LogP contribution < -0.4 is 20.1 Å². The van der Waals surface area contributed by atoms with Gasteiger partial charge in [0.25, 0.3) is 5.91 Å². The second-order valence-electron chi connectivity index (χ2n) is 9.11. The van der Waals surface area contributed by atoms with Crippen LogP contribution in [0.15, 0.2) is 67.0 Å². The first-order chi connectivity index (χ1) is 19.7. The molecule has 41 heavy (non-hydrogen) atoms. The van der Waals surface area contributed by atoms with Gasteiger partial charge in [-0.2, -0.15) is 16.7 Å². The number of thioether (sulfide) groups is 1. The third-order valence-electron chi connectivity index (χ3n) is 6.20. The minimum Gasteiger partial charge on any atom is -0.494 e. The van der Waals surface area contributed by atoms with Crippen molar-refractivity contribution < 1.29 is 17.9 Å². The van der Waals surface area contributed by atoms with Crippen LogP contribution in [0.3, 0.4) is 0 Å². The Balaban J connectivity index is 1.38. The van der Waals surface area contributed by atoms with E-state index in [-0.39, 0.29) is 22.7 Å². The molecule has 5 rings (SSSR count). The predicted molar refractivity (Wildman–Crippen MR) is 164 cm³/mol. The summed E-state index contributed by atoms with van der Waals surface area (Å²) in [5.74, 6) is 2.90. The molecular weight excluding hydrogens is 586 g/mol. The second-order valence-corrected chi connectivity index (χ2v) is 12.5. The van der Waals surface area contributed by atoms with Gasteiger partial charge in [0.2, 0.25) is 16.0 Å². The molecule has 2 aromatic heterocycles. The molecule has 1 aliphatic heterocycles. The first-order valence-corrected chi connectivity index (χ1v) is 16.0. The standard InChI is InChI=1S/C27H28ClN7O4S2/c1-39-24-16-18(35-11-5-8-23(35)26(36)34-12-14-40-15-13-34)9-10-22(24)31-27-29-17-19(28)25(32-27)30-20-6-3-4-7-21(20)33-41(2,37)38/h3-11,16-17,33H,12-15H2,1-2H3,(H2,29,30,31,32). The SMILES string of the molecule is COc1cc(-n2cccc2C(=O)N2CCSCC2)ccc1Nc1ncc(Cl)c(Nc2ccccc2NS(C)(=O)=O)n1. The molecule has 0 bridgehead atoms. The van der Waals surface area contributed by atoms with E-state index in [1.165, 1.54) is 6.20 Å². The maximum atomic E-state index is 13.2. The van der Waals surface area contributed by atoms with E-state index < -0.39 is 10.0 Å². The van der Waals surface area contributed by atoms with Gasteiger partial charge >= 0.3 is 0 Å². The highest BCUT2D eigenvalue weighted by molar-refractivity contribution is 7.99. The Labute approximate surface area is 247 Å². The number of benzene rings is 2. The molecule has 1 amide bonds. The molecule has 1 fully saturated rings. The number of anilines is 5. The lowest BCUT2D eigenvalue weighted by Crippen LogP contribution is -2.38. The minimum absolute atomic E-state index is 0.000582. The number of aromatic nitrogens is 3. The van der Waals surface area contributed by atoms with Crippen molar-refractivity contribution in [2.45, 2.75) is 0 Å². The lowest BCUT2D eigenvalue weighted by molar-refractivity contribution is 0.0764. The summed E-state index contributed by atoms with van der Waals surface area (Å²) in [7, 11) is -1.94. The molecule has 2 aromatic carbocycles. The number of ether oxygens (including phenoxy) is 1. The zero-order valence-electron chi connectivity index (χ0n) is 22.3. The highest BCUT2D eigenvalue weighted by Crippen LogP contribution is 2.33. The first kappa shape index (κ1) is 28.6. The van der Waals surface area contributed by atoms with Crippen LogP contribution >= 0.6 is 23.4 Å². The normalized spacial score (nSPS) is 13.5. The topological polar surface area (TPSA) is 130 Å². The van der Waals surface area contributed by atoms with E-state index in [4.69, 9.17) is 16.3 Å². The van der Waals surface area contributed by atoms with Crippen LogP contribution in [0.5, 0.6) is 5.75 Å². The zero-order chi connectivity index (χ0) is 29.0. The Morgan fingerprint density at radius 1 is 1.02 bits per heavy atom. The van der Waals surface area contributed by atoms with Gasteiger partial charge in [-0.25, -0.2) is 13.4 Å². The number of amides is 1. The number of para-hydroxylation sites is 2. The fourth-order valence-corrected chi connectivity index (χ4v) is 5.90. The number of nitrogens with zero attached hydrogens (tertiary/aromatic N) is 4. The predicted octanol–water partition coefficient (Wildman–Crippen LogP) is 4.98. The number of carbonyl (C=O) groups is 1. The Kier molecular flexibility index (Phi) is 8.57. The molecule has 4 aromatic rings. The van der Waals surface area contributed by atoms with Crippen LogP contribution in [0.1, 0.15) is 10.5 Å². The quantitative estimate of drug-likeness (QED) is 0.239. The number of nitrogens with one attached hydrogen (secondary N) is 3. The van der Waals surface area contributed by atoms with E-state index in [9.17, 15) is 13.2 Å². The summed E-state index contributed by atoms with van der Waals surface area (Å²) < 4.78 is 33.5. The number of carbonyl (C=O) groups excluding carboxylic acids is 1. The van der Waals surface area contributed by atoms with Crippen LogP contribution in [0.4, 0.5) is 28.8 Å². The van der Waals surface area contributed by atoms with Gasteiger partial charge in [-0.3, -0.25) is 9.52 Å². The molecule has 0 spiro atoms. The molecule has 0 unspecified atom stereocenters. The van der Waals surface area contributed by atoms with E-state index in [0.29, 0.717) is 28.5 Å². The lowest BCUT2D eigenvalue weighted by Gasteiger charge is -2.27. The van der Waals surface area contributed by atoms with Crippen molar-refractivity contribution in [1.82, 2.24) is 19.4 Å². The van der Waals surface area contributed by atoms with E-state index in [0.717, 1.165) is 36.5 Å². The van der Waals surface area contributed by atoms with Gasteiger partial charge in [0.15, 0.2) is 5.82 Å². The second kappa shape index (κ2) is 12.3. The van der Waals surface area contributed by atoms with Crippen molar-refractivity contribution in [1.29, 1.82) is 0 Å². The van der Waals surface area contributed by atoms with Crippen molar-refractivity contribution in [3.63, 3.8) is 0 Å². The monoisotopic (exact) mass is 613 g/mol. The van der Waals surface area contributed by atoms with Crippen LogP contribution in [0, 0.1) is 0 Å². The molecule has 11 nitrogen and oxygen atoms in total. The highest BCUT2D eigenvalue weighted by atomic mass is 35.5. The number of hydrogen-bond donors (Lipinski definition) is 3. The Morgan fingerprint density at radius 3 is 2.51 bits per heavy atom. The maximum absolute atomic E-state index is 13.2. The van der Waals surface area contributed by atoms with Crippen molar-refractivity contribution >= 4 is 68.1 Å². The van der Waals surface area contributed by atoms with Gasteiger partial charge in [-0.1, -0.05) is 23.7 Å². The van der Waals surface area contributed by atoms with Crippen LogP contribution in [-0.2, 0) is 10.0 Å². The fraction of sp³-hybridized carbons (Fsp3) is 0.222. The van der Waals surface area contributed by atoms with Crippen LogP contribution in [0.25, 0.3) is 5.69 Å². The number of hydrogen-bond acceptors (Lipinski definition) is 9. The van der Waals surface area contributed by atoms with Gasteiger partial charge in [0.05, 0.1) is 36.6 Å². The number of methoxy groups -OCH3 is 1. The zero-order valence-corrected chi connectivity index (χ0v) is 24.7. The third kappa shape index (κ3) is 6.87. The molecule has 3 N–H and O–H groups in total. The minimum atomic E-state index is -3.50. The van der Waals surface area contributed by atoms with E-state index in [2.05, 4.69) is 25.3 Å². The van der Waals surface area contributed by atoms with Gasteiger partial charge in [-0.15, -0.1) is 0 Å². The van der Waals surface area contributed by atoms with E-state index >= 15 is 0 Å². The lowest BCUT2D eigenvalue weighted by atomic mass is 10.2. The Bertz CT molecular complexity index is 1670.